The SMILES string of the molecule is C.CC.CC.CC.CC.CC(C)(C)c1ccccc1.CC(C)(C)c1ccccc1.CC(C)(C)c1ccccn1.CC(C)(C)c1ccccn1. The van der Waals surface area contributed by atoms with Gasteiger partial charge in [-0.3, -0.25) is 9.97 Å². The minimum absolute atomic E-state index is 0. The van der Waals surface area contributed by atoms with Crippen molar-refractivity contribution < 1.29 is 0 Å². The van der Waals surface area contributed by atoms with E-state index < -0.39 is 0 Å². The van der Waals surface area contributed by atoms with Crippen molar-refractivity contribution in [3.8, 4) is 0 Å². The van der Waals surface area contributed by atoms with Gasteiger partial charge in [-0.05, 0) is 46.2 Å². The molecule has 0 saturated carbocycles. The number of nitrogens with zero attached hydrogens (tertiary/aromatic N) is 2. The molecule has 0 atom stereocenters. The molecule has 280 valence electrons. The second kappa shape index (κ2) is 30.8. The van der Waals surface area contributed by atoms with E-state index >= 15 is 0 Å². The molecule has 0 aliphatic heterocycles. The van der Waals surface area contributed by atoms with Crippen molar-refractivity contribution in [3.63, 3.8) is 0 Å². The molecule has 0 saturated heterocycles. The van der Waals surface area contributed by atoms with Crippen LogP contribution in [0, 0.1) is 0 Å². The van der Waals surface area contributed by atoms with Crippen molar-refractivity contribution >= 4 is 0 Å². The fraction of sp³-hybridized carbons (Fsp3) is 0.532. The first kappa shape index (κ1) is 55.2. The van der Waals surface area contributed by atoms with Crippen LogP contribution in [0.3, 0.4) is 0 Å². The number of rotatable bonds is 0. The summed E-state index contributed by atoms with van der Waals surface area (Å²) in [6.07, 6.45) is 3.67. The lowest BCUT2D eigenvalue weighted by Crippen LogP contribution is -2.12. The molecule has 0 fully saturated rings. The molecule has 0 aliphatic rings. The third-order valence-corrected chi connectivity index (χ3v) is 6.15. The second-order valence-electron chi connectivity index (χ2n) is 14.2. The highest BCUT2D eigenvalue weighted by atomic mass is 14.7. The Hall–Kier alpha value is -3.26. The average molecular weight is 675 g/mol. The molecule has 4 aromatic rings. The Morgan fingerprint density at radius 1 is 0.306 bits per heavy atom. The fourth-order valence-electron chi connectivity index (χ4n) is 3.49. The molecule has 0 unspecified atom stereocenters. The summed E-state index contributed by atoms with van der Waals surface area (Å²) in [5.41, 5.74) is 6.04. The highest BCUT2D eigenvalue weighted by Crippen LogP contribution is 2.22. The van der Waals surface area contributed by atoms with E-state index in [2.05, 4.69) is 166 Å². The maximum Gasteiger partial charge on any atom is 0.0457 e. The van der Waals surface area contributed by atoms with Gasteiger partial charge in [-0.15, -0.1) is 0 Å². The molecule has 2 aromatic carbocycles. The van der Waals surface area contributed by atoms with Crippen LogP contribution in [0.15, 0.2) is 109 Å². The predicted octanol–water partition coefficient (Wildman–Crippen LogP) is 15.5. The van der Waals surface area contributed by atoms with Crippen molar-refractivity contribution in [2.24, 2.45) is 0 Å². The van der Waals surface area contributed by atoms with Gasteiger partial charge in [0, 0.05) is 34.6 Å². The van der Waals surface area contributed by atoms with Gasteiger partial charge in [0.05, 0.1) is 0 Å². The normalized spacial score (nSPS) is 9.88. The van der Waals surface area contributed by atoms with Crippen LogP contribution in [0.4, 0.5) is 0 Å². The van der Waals surface area contributed by atoms with E-state index in [4.69, 9.17) is 0 Å². The Morgan fingerprint density at radius 2 is 0.531 bits per heavy atom. The number of aromatic nitrogens is 2. The molecule has 2 aromatic heterocycles. The number of hydrogen-bond acceptors (Lipinski definition) is 2. The third-order valence-electron chi connectivity index (χ3n) is 6.15. The predicted molar refractivity (Wildman–Crippen MR) is 228 cm³/mol. The van der Waals surface area contributed by atoms with E-state index in [0.717, 1.165) is 11.4 Å². The van der Waals surface area contributed by atoms with Crippen LogP contribution < -0.4 is 0 Å². The first-order chi connectivity index (χ1) is 22.4. The summed E-state index contributed by atoms with van der Waals surface area (Å²) in [5, 5.41) is 0. The van der Waals surface area contributed by atoms with Crippen molar-refractivity contribution in [1.82, 2.24) is 9.97 Å². The molecule has 0 N–H and O–H groups in total. The Kier molecular flexibility index (Phi) is 34.6. The van der Waals surface area contributed by atoms with Crippen LogP contribution >= 0.6 is 0 Å². The number of pyridine rings is 2. The maximum absolute atomic E-state index is 4.25. The first-order valence-electron chi connectivity index (χ1n) is 18.4. The highest BCUT2D eigenvalue weighted by Gasteiger charge is 2.14. The largest absolute Gasteiger partial charge is 0.261 e. The summed E-state index contributed by atoms with van der Waals surface area (Å²) >= 11 is 0. The Balaban J connectivity index is -0.000000163. The van der Waals surface area contributed by atoms with Gasteiger partial charge >= 0.3 is 0 Å². The molecule has 0 bridgehead atoms. The zero-order valence-electron chi connectivity index (χ0n) is 35.3. The van der Waals surface area contributed by atoms with Gasteiger partial charge in [0.2, 0.25) is 0 Å². The standard InChI is InChI=1S/2C10H14.2C9H13N.4C2H6.CH4/c2*1-10(2,3)9-7-5-4-6-8-9;2*1-9(2,3)8-6-4-5-7-10-8;4*1-2;/h2*4-8H,1-3H3;2*4-7H,1-3H3;4*1-2H3;1H4. The molecule has 0 radical (unpaired) electrons. The van der Waals surface area contributed by atoms with Crippen LogP contribution in [-0.4, -0.2) is 9.97 Å². The van der Waals surface area contributed by atoms with E-state index in [-0.39, 0.29) is 18.3 Å². The van der Waals surface area contributed by atoms with E-state index in [9.17, 15) is 0 Å². The lowest BCUT2D eigenvalue weighted by atomic mass is 9.87. The maximum atomic E-state index is 4.25. The number of benzene rings is 2. The van der Waals surface area contributed by atoms with Crippen LogP contribution in [0.1, 0.15) is 168 Å². The fourth-order valence-corrected chi connectivity index (χ4v) is 3.49. The minimum atomic E-state index is 0. The van der Waals surface area contributed by atoms with E-state index in [1.165, 1.54) is 11.1 Å². The summed E-state index contributed by atoms with van der Waals surface area (Å²) in [4.78, 5) is 8.50. The Labute approximate surface area is 308 Å². The monoisotopic (exact) mass is 675 g/mol. The van der Waals surface area contributed by atoms with Gasteiger partial charge in [0.15, 0.2) is 0 Å². The summed E-state index contributed by atoms with van der Waals surface area (Å²) < 4.78 is 0. The van der Waals surface area contributed by atoms with Gasteiger partial charge in [0.25, 0.3) is 0 Å². The molecular formula is C47H82N2. The topological polar surface area (TPSA) is 25.8 Å². The minimum Gasteiger partial charge on any atom is -0.261 e. The first-order valence-corrected chi connectivity index (χ1v) is 18.4. The molecule has 4 rings (SSSR count). The van der Waals surface area contributed by atoms with Crippen LogP contribution in [0.25, 0.3) is 0 Å². The second-order valence-corrected chi connectivity index (χ2v) is 14.2. The molecule has 2 nitrogen and oxygen atoms in total. The highest BCUT2D eigenvalue weighted by molar-refractivity contribution is 5.23. The van der Waals surface area contributed by atoms with Crippen LogP contribution in [-0.2, 0) is 21.7 Å². The zero-order chi connectivity index (χ0) is 38.5. The van der Waals surface area contributed by atoms with E-state index in [1.807, 2.05) is 92.0 Å². The van der Waals surface area contributed by atoms with Crippen molar-refractivity contribution in [3.05, 3.63) is 132 Å². The number of hydrogen-bond donors (Lipinski definition) is 0. The summed E-state index contributed by atoms with van der Waals surface area (Å²) in [5.74, 6) is 0. The van der Waals surface area contributed by atoms with Gasteiger partial charge in [-0.2, -0.15) is 0 Å². The van der Waals surface area contributed by atoms with Crippen LogP contribution in [0.2, 0.25) is 0 Å². The van der Waals surface area contributed by atoms with Crippen LogP contribution in [0.5, 0.6) is 0 Å². The molecular weight excluding hydrogens is 593 g/mol. The Bertz CT molecular complexity index is 974. The molecule has 2 heterocycles. The van der Waals surface area contributed by atoms with Gasteiger partial charge in [0.1, 0.15) is 0 Å². The Morgan fingerprint density at radius 3 is 0.653 bits per heavy atom. The lowest BCUT2D eigenvalue weighted by Gasteiger charge is -2.18. The summed E-state index contributed by atoms with van der Waals surface area (Å²) in [6.45, 7) is 42.3. The summed E-state index contributed by atoms with van der Waals surface area (Å²) in [7, 11) is 0. The van der Waals surface area contributed by atoms with Crippen molar-refractivity contribution in [2.75, 3.05) is 0 Å². The quantitative estimate of drug-likeness (QED) is 0.185. The van der Waals surface area contributed by atoms with E-state index in [1.54, 1.807) is 0 Å². The average Bonchev–Trinajstić information content (AvgIpc) is 3.09. The van der Waals surface area contributed by atoms with Gasteiger partial charge in [-0.25, -0.2) is 0 Å². The molecule has 0 spiro atoms. The third kappa shape index (κ3) is 29.4. The van der Waals surface area contributed by atoms with Crippen molar-refractivity contribution in [2.45, 2.75) is 168 Å². The van der Waals surface area contributed by atoms with Crippen molar-refractivity contribution in [1.29, 1.82) is 0 Å². The smallest absolute Gasteiger partial charge is 0.0457 e. The lowest BCUT2D eigenvalue weighted by molar-refractivity contribution is 0.569. The van der Waals surface area contributed by atoms with E-state index in [0.29, 0.717) is 10.8 Å². The molecule has 2 heteroatoms. The molecule has 0 amide bonds. The van der Waals surface area contributed by atoms with Gasteiger partial charge < -0.3 is 0 Å². The molecule has 0 aliphatic carbocycles. The molecule has 49 heavy (non-hydrogen) atoms. The van der Waals surface area contributed by atoms with Gasteiger partial charge in [-0.1, -0.05) is 219 Å². The summed E-state index contributed by atoms with van der Waals surface area (Å²) in [6, 6.07) is 33.1. The zero-order valence-corrected chi connectivity index (χ0v) is 35.3.